The van der Waals surface area contributed by atoms with Gasteiger partial charge in [-0.1, -0.05) is 34.1 Å². The molecule has 0 unspecified atom stereocenters. The van der Waals surface area contributed by atoms with Gasteiger partial charge in [0.1, 0.15) is 6.42 Å². The van der Waals surface area contributed by atoms with Gasteiger partial charge in [-0.2, -0.15) is 0 Å². The van der Waals surface area contributed by atoms with Gasteiger partial charge < -0.3 is 10.2 Å². The lowest BCUT2D eigenvalue weighted by atomic mass is 10.2. The van der Waals surface area contributed by atoms with Crippen molar-refractivity contribution in [1.82, 2.24) is 0 Å². The Balaban J connectivity index is 1.64. The fourth-order valence-corrected chi connectivity index (χ4v) is 3.00. The maximum Gasteiger partial charge on any atom is 0.236 e. The molecule has 23 heavy (non-hydrogen) atoms. The number of anilines is 2. The third-order valence-electron chi connectivity index (χ3n) is 3.94. The largest absolute Gasteiger partial charge is 0.326 e. The maximum atomic E-state index is 12.4. The van der Waals surface area contributed by atoms with Crippen molar-refractivity contribution in [2.75, 3.05) is 16.8 Å². The molecule has 118 valence electrons. The van der Waals surface area contributed by atoms with Crippen LogP contribution in [-0.2, 0) is 16.0 Å². The zero-order valence-electron chi connectivity index (χ0n) is 12.8. The van der Waals surface area contributed by atoms with E-state index in [-0.39, 0.29) is 18.2 Å². The Bertz CT molecular complexity index is 773. The van der Waals surface area contributed by atoms with Crippen molar-refractivity contribution < 1.29 is 9.59 Å². The van der Waals surface area contributed by atoms with Crippen LogP contribution in [0.25, 0.3) is 0 Å². The minimum absolute atomic E-state index is 0.149. The van der Waals surface area contributed by atoms with Crippen LogP contribution < -0.4 is 10.2 Å². The number of carbonyl (C=O) groups is 2. The normalized spacial score (nSPS) is 12.9. The summed E-state index contributed by atoms with van der Waals surface area (Å²) in [6.45, 7) is 2.59. The van der Waals surface area contributed by atoms with E-state index in [4.69, 9.17) is 0 Å². The van der Waals surface area contributed by atoms with Crippen molar-refractivity contribution >= 4 is 39.1 Å². The molecule has 5 heteroatoms. The first-order chi connectivity index (χ1) is 11.0. The monoisotopic (exact) mass is 372 g/mol. The van der Waals surface area contributed by atoms with Gasteiger partial charge in [-0.15, -0.1) is 0 Å². The summed E-state index contributed by atoms with van der Waals surface area (Å²) in [6.07, 6.45) is 0.693. The molecule has 2 aromatic carbocycles. The van der Waals surface area contributed by atoms with Crippen LogP contribution in [0.5, 0.6) is 0 Å². The fraction of sp³-hybridized carbons (Fsp3) is 0.222. The minimum atomic E-state index is -0.291. The van der Waals surface area contributed by atoms with E-state index in [0.717, 1.165) is 27.7 Å². The van der Waals surface area contributed by atoms with Crippen LogP contribution >= 0.6 is 15.9 Å². The van der Waals surface area contributed by atoms with Gasteiger partial charge in [-0.3, -0.25) is 9.59 Å². The molecule has 2 aromatic rings. The van der Waals surface area contributed by atoms with E-state index < -0.39 is 0 Å². The second kappa shape index (κ2) is 6.54. The standard InChI is InChI=1S/C18H17BrN2O2/c1-12-10-14(6-7-15(12)19)20-17(22)11-18(23)21-9-8-13-4-2-3-5-16(13)21/h2-7,10H,8-9,11H2,1H3,(H,20,22). The Morgan fingerprint density at radius 2 is 2.00 bits per heavy atom. The molecule has 0 saturated heterocycles. The quantitative estimate of drug-likeness (QED) is 0.835. The molecule has 0 spiro atoms. The first-order valence-corrected chi connectivity index (χ1v) is 8.28. The average molecular weight is 373 g/mol. The smallest absolute Gasteiger partial charge is 0.236 e. The summed E-state index contributed by atoms with van der Waals surface area (Å²) < 4.78 is 0.986. The Morgan fingerprint density at radius 1 is 1.22 bits per heavy atom. The van der Waals surface area contributed by atoms with Gasteiger partial charge in [0.25, 0.3) is 0 Å². The lowest BCUT2D eigenvalue weighted by molar-refractivity contribution is -0.125. The molecule has 0 aromatic heterocycles. The molecule has 1 aliphatic rings. The van der Waals surface area contributed by atoms with Crippen molar-refractivity contribution in [3.8, 4) is 0 Å². The third kappa shape index (κ3) is 3.45. The van der Waals surface area contributed by atoms with Gasteiger partial charge >= 0.3 is 0 Å². The molecule has 2 amide bonds. The molecule has 0 bridgehead atoms. The Labute approximate surface area is 143 Å². The summed E-state index contributed by atoms with van der Waals surface area (Å²) in [5.74, 6) is -0.456. The third-order valence-corrected chi connectivity index (χ3v) is 4.83. The summed E-state index contributed by atoms with van der Waals surface area (Å²) >= 11 is 3.42. The average Bonchev–Trinajstić information content (AvgIpc) is 2.95. The van der Waals surface area contributed by atoms with E-state index in [1.165, 1.54) is 0 Å². The van der Waals surface area contributed by atoms with E-state index in [9.17, 15) is 9.59 Å². The summed E-state index contributed by atoms with van der Waals surface area (Å²) in [5.41, 5.74) is 3.81. The van der Waals surface area contributed by atoms with Crippen LogP contribution in [0.15, 0.2) is 46.9 Å². The van der Waals surface area contributed by atoms with E-state index >= 15 is 0 Å². The highest BCUT2D eigenvalue weighted by atomic mass is 79.9. The number of halogens is 1. The van der Waals surface area contributed by atoms with Crippen LogP contribution in [0.1, 0.15) is 17.5 Å². The van der Waals surface area contributed by atoms with Crippen LogP contribution in [0.2, 0.25) is 0 Å². The fourth-order valence-electron chi connectivity index (χ4n) is 2.76. The van der Waals surface area contributed by atoms with Crippen LogP contribution in [0.4, 0.5) is 11.4 Å². The molecule has 3 rings (SSSR count). The molecule has 1 N–H and O–H groups in total. The number of hydrogen-bond donors (Lipinski definition) is 1. The van der Waals surface area contributed by atoms with E-state index in [1.54, 1.807) is 4.90 Å². The molecular formula is C18H17BrN2O2. The molecule has 0 saturated carbocycles. The van der Waals surface area contributed by atoms with E-state index in [2.05, 4.69) is 21.2 Å². The molecule has 0 radical (unpaired) electrons. The van der Waals surface area contributed by atoms with Crippen LogP contribution in [0, 0.1) is 6.92 Å². The van der Waals surface area contributed by atoms with Crippen LogP contribution in [0.3, 0.4) is 0 Å². The number of fused-ring (bicyclic) bond motifs is 1. The number of nitrogens with zero attached hydrogens (tertiary/aromatic N) is 1. The molecular weight excluding hydrogens is 356 g/mol. The number of rotatable bonds is 3. The van der Waals surface area contributed by atoms with Crippen molar-refractivity contribution in [3.63, 3.8) is 0 Å². The first-order valence-electron chi connectivity index (χ1n) is 7.49. The molecule has 0 atom stereocenters. The van der Waals surface area contributed by atoms with Crippen LogP contribution in [-0.4, -0.2) is 18.4 Å². The minimum Gasteiger partial charge on any atom is -0.326 e. The van der Waals surface area contributed by atoms with Crippen molar-refractivity contribution in [1.29, 1.82) is 0 Å². The number of amides is 2. The SMILES string of the molecule is Cc1cc(NC(=O)CC(=O)N2CCc3ccccc32)ccc1Br. The number of hydrogen-bond acceptors (Lipinski definition) is 2. The summed E-state index contributed by atoms with van der Waals surface area (Å²) in [4.78, 5) is 26.2. The van der Waals surface area contributed by atoms with Gasteiger partial charge in [0.15, 0.2) is 0 Å². The van der Waals surface area contributed by atoms with Crippen molar-refractivity contribution in [2.45, 2.75) is 19.8 Å². The maximum absolute atomic E-state index is 12.4. The molecule has 0 fully saturated rings. The molecule has 1 heterocycles. The summed E-state index contributed by atoms with van der Waals surface area (Å²) in [6, 6.07) is 13.4. The van der Waals surface area contributed by atoms with Crippen molar-refractivity contribution in [3.05, 3.63) is 58.1 Å². The molecule has 0 aliphatic carbocycles. The second-order valence-electron chi connectivity index (χ2n) is 5.61. The number of para-hydroxylation sites is 1. The first kappa shape index (κ1) is 15.7. The predicted molar refractivity (Wildman–Crippen MR) is 94.6 cm³/mol. The Morgan fingerprint density at radius 3 is 2.78 bits per heavy atom. The Hall–Kier alpha value is -2.14. The van der Waals surface area contributed by atoms with Gasteiger partial charge in [0.2, 0.25) is 11.8 Å². The van der Waals surface area contributed by atoms with E-state index in [0.29, 0.717) is 12.2 Å². The van der Waals surface area contributed by atoms with E-state index in [1.807, 2.05) is 49.4 Å². The number of aryl methyl sites for hydroxylation is 1. The highest BCUT2D eigenvalue weighted by Crippen LogP contribution is 2.28. The lowest BCUT2D eigenvalue weighted by Crippen LogP contribution is -2.32. The number of carbonyl (C=O) groups excluding carboxylic acids is 2. The topological polar surface area (TPSA) is 49.4 Å². The van der Waals surface area contributed by atoms with Gasteiger partial charge in [-0.05, 0) is 48.7 Å². The summed E-state index contributed by atoms with van der Waals surface area (Å²) in [7, 11) is 0. The Kier molecular flexibility index (Phi) is 4.48. The van der Waals surface area contributed by atoms with Crippen molar-refractivity contribution in [2.24, 2.45) is 0 Å². The van der Waals surface area contributed by atoms with Gasteiger partial charge in [0.05, 0.1) is 0 Å². The number of nitrogens with one attached hydrogen (secondary N) is 1. The summed E-state index contributed by atoms with van der Waals surface area (Å²) in [5, 5.41) is 2.78. The molecule has 4 nitrogen and oxygen atoms in total. The highest BCUT2D eigenvalue weighted by Gasteiger charge is 2.25. The lowest BCUT2D eigenvalue weighted by Gasteiger charge is -2.17. The predicted octanol–water partition coefficient (Wildman–Crippen LogP) is 3.68. The highest BCUT2D eigenvalue weighted by molar-refractivity contribution is 9.10. The zero-order valence-corrected chi connectivity index (χ0v) is 14.4. The van der Waals surface area contributed by atoms with Gasteiger partial charge in [-0.25, -0.2) is 0 Å². The zero-order chi connectivity index (χ0) is 16.4. The second-order valence-corrected chi connectivity index (χ2v) is 6.47. The molecule has 1 aliphatic heterocycles. The number of benzene rings is 2. The van der Waals surface area contributed by atoms with Gasteiger partial charge in [0, 0.05) is 22.4 Å².